The summed E-state index contributed by atoms with van der Waals surface area (Å²) in [6.07, 6.45) is 5.63. The zero-order valence-electron chi connectivity index (χ0n) is 43.0. The van der Waals surface area contributed by atoms with Gasteiger partial charge in [-0.2, -0.15) is 0 Å². The van der Waals surface area contributed by atoms with Crippen molar-refractivity contribution in [3.05, 3.63) is 285 Å². The van der Waals surface area contributed by atoms with E-state index in [1.807, 2.05) is 116 Å². The van der Waals surface area contributed by atoms with Gasteiger partial charge in [0.05, 0.1) is 0 Å². The first-order chi connectivity index (χ1) is 37.3. The maximum atomic E-state index is 8.84. The minimum absolute atomic E-state index is 0. The molecule has 0 atom stereocenters. The maximum Gasteiger partial charge on any atom is 3.00 e. The summed E-state index contributed by atoms with van der Waals surface area (Å²) >= 11 is 0. The second-order valence-electron chi connectivity index (χ2n) is 17.9. The van der Waals surface area contributed by atoms with Crippen LogP contribution in [0.3, 0.4) is 0 Å². The molecule has 0 radical (unpaired) electrons. The predicted octanol–water partition coefficient (Wildman–Crippen LogP) is 17.9. The van der Waals surface area contributed by atoms with Gasteiger partial charge in [0.2, 0.25) is 0 Å². The number of aromatic nitrogens is 3. The van der Waals surface area contributed by atoms with Crippen molar-refractivity contribution >= 4 is 0 Å². The van der Waals surface area contributed by atoms with Gasteiger partial charge in [-0.25, -0.2) is 0 Å². The van der Waals surface area contributed by atoms with E-state index in [0.717, 1.165) is 112 Å². The van der Waals surface area contributed by atoms with E-state index in [-0.39, 0.29) is 25.7 Å². The Bertz CT molecular complexity index is 4000. The predicted molar refractivity (Wildman–Crippen MR) is 301 cm³/mol. The van der Waals surface area contributed by atoms with Crippen molar-refractivity contribution in [2.45, 2.75) is 6.85 Å². The van der Waals surface area contributed by atoms with Crippen LogP contribution in [0, 0.1) is 25.1 Å². The Hall–Kier alpha value is -8.92. The molecule has 0 aliphatic carbocycles. The van der Waals surface area contributed by atoms with Crippen LogP contribution in [0.2, 0.25) is 0 Å². The van der Waals surface area contributed by atoms with Crippen LogP contribution in [-0.4, -0.2) is 15.0 Å². The number of aryl methyl sites for hydroxylation is 1. The van der Waals surface area contributed by atoms with Crippen LogP contribution in [0.4, 0.5) is 0 Å². The Morgan fingerprint density at radius 1 is 0.284 bits per heavy atom. The molecule has 0 unspecified atom stereocenters. The molecule has 4 heteroatoms. The van der Waals surface area contributed by atoms with Gasteiger partial charge in [0.25, 0.3) is 0 Å². The van der Waals surface area contributed by atoms with E-state index in [1.54, 1.807) is 12.3 Å². The van der Waals surface area contributed by atoms with Gasteiger partial charge < -0.3 is 15.0 Å². The normalized spacial score (nSPS) is 11.7. The van der Waals surface area contributed by atoms with E-state index >= 15 is 0 Å². The summed E-state index contributed by atoms with van der Waals surface area (Å²) in [7, 11) is 0. The van der Waals surface area contributed by atoms with Crippen molar-refractivity contribution in [3.8, 4) is 123 Å². The number of benzene rings is 9. The molecule has 12 rings (SSSR count). The maximum absolute atomic E-state index is 8.84. The van der Waals surface area contributed by atoms with Gasteiger partial charge >= 0.3 is 20.1 Å². The van der Waals surface area contributed by atoms with Crippen molar-refractivity contribution in [1.82, 2.24) is 15.0 Å². The summed E-state index contributed by atoms with van der Waals surface area (Å²) in [5, 5.41) is 0. The summed E-state index contributed by atoms with van der Waals surface area (Å²) in [4.78, 5) is 14.9. The average Bonchev–Trinajstić information content (AvgIpc) is 3.51. The summed E-state index contributed by atoms with van der Waals surface area (Å²) < 4.78 is 26.5. The van der Waals surface area contributed by atoms with Crippen molar-refractivity contribution in [2.24, 2.45) is 0 Å². The van der Waals surface area contributed by atoms with Crippen LogP contribution >= 0.6 is 0 Å². The Kier molecular flexibility index (Phi) is 12.7. The topological polar surface area (TPSA) is 38.7 Å². The molecule has 3 aromatic heterocycles. The van der Waals surface area contributed by atoms with E-state index in [4.69, 9.17) is 19.1 Å². The second-order valence-corrected chi connectivity index (χ2v) is 17.9. The van der Waals surface area contributed by atoms with Gasteiger partial charge in [0, 0.05) is 33.8 Å². The van der Waals surface area contributed by atoms with Crippen LogP contribution in [0.15, 0.2) is 261 Å². The van der Waals surface area contributed by atoms with Crippen LogP contribution < -0.4 is 0 Å². The third kappa shape index (κ3) is 9.73. The molecular weight excluding hydrogens is 1080 g/mol. The Labute approximate surface area is 451 Å². The van der Waals surface area contributed by atoms with Gasteiger partial charge in [0.15, 0.2) is 0 Å². The fourth-order valence-electron chi connectivity index (χ4n) is 9.74. The number of pyridine rings is 3. The largest absolute Gasteiger partial charge is 3.00 e. The Morgan fingerprint density at radius 2 is 0.689 bits per heavy atom. The van der Waals surface area contributed by atoms with E-state index in [2.05, 4.69) is 152 Å². The van der Waals surface area contributed by atoms with Crippen molar-refractivity contribution in [2.75, 3.05) is 0 Å². The fourth-order valence-corrected chi connectivity index (χ4v) is 9.74. The summed E-state index contributed by atoms with van der Waals surface area (Å²) in [6.45, 7) is -2.44. The molecule has 0 fully saturated rings. The van der Waals surface area contributed by atoms with Crippen LogP contribution in [0.5, 0.6) is 0 Å². The third-order valence-electron chi connectivity index (χ3n) is 13.4. The third-order valence-corrected chi connectivity index (χ3v) is 13.4. The molecule has 9 aromatic carbocycles. The zero-order chi connectivity index (χ0) is 51.4. The fraction of sp³-hybridized carbons (Fsp3) is 0.0143. The molecule has 0 bridgehead atoms. The quantitative estimate of drug-likeness (QED) is 0.121. The average molecular weight is 1120 g/mol. The van der Waals surface area contributed by atoms with E-state index in [1.165, 1.54) is 0 Å². The van der Waals surface area contributed by atoms with Crippen LogP contribution in [-0.2, 0) is 20.1 Å². The molecule has 3 nitrogen and oxygen atoms in total. The first-order valence-electron chi connectivity index (χ1n) is 25.8. The number of hydrogen-bond acceptors (Lipinski definition) is 3. The van der Waals surface area contributed by atoms with Gasteiger partial charge in [-0.05, 0) is 126 Å². The molecule has 0 saturated heterocycles. The van der Waals surface area contributed by atoms with Gasteiger partial charge in [-0.3, -0.25) is 0 Å². The van der Waals surface area contributed by atoms with E-state index < -0.39 is 6.85 Å². The van der Waals surface area contributed by atoms with E-state index in [9.17, 15) is 0 Å². The van der Waals surface area contributed by atoms with Crippen molar-refractivity contribution < 1.29 is 24.2 Å². The molecule has 0 aliphatic heterocycles. The Morgan fingerprint density at radius 3 is 1.20 bits per heavy atom. The van der Waals surface area contributed by atoms with Gasteiger partial charge in [-0.15, -0.1) is 108 Å². The molecule has 3 heterocycles. The number of nitrogens with zero attached hydrogens (tertiary/aromatic N) is 3. The molecule has 12 aromatic rings. The van der Waals surface area contributed by atoms with Gasteiger partial charge in [0.1, 0.15) is 0 Å². The second kappa shape index (κ2) is 21.4. The van der Waals surface area contributed by atoms with E-state index in [0.29, 0.717) is 11.3 Å². The SMILES string of the molecule is [2H]C([2H])([2H])c1cc(-c2[c-]cccc2)ncc1-c1ccccc1-c1cc(-c2ccccc2-c2ccc(-c3[c-]cccc3)nc2)cc(-c2ccccc2-c2cnc(-c3[c-]cccc3)cc2-c2ccc(-c3ccccc3)cc2)c1.[Ir+3]. The molecular formula is C70H46IrN3. The van der Waals surface area contributed by atoms with Gasteiger partial charge in [-0.1, -0.05) is 152 Å². The summed E-state index contributed by atoms with van der Waals surface area (Å²) in [6, 6.07) is 92.1. The first-order valence-corrected chi connectivity index (χ1v) is 24.3. The molecule has 0 N–H and O–H groups in total. The molecule has 350 valence electrons. The zero-order valence-corrected chi connectivity index (χ0v) is 42.4. The van der Waals surface area contributed by atoms with Crippen molar-refractivity contribution in [1.29, 1.82) is 0 Å². The molecule has 0 spiro atoms. The minimum Gasteiger partial charge on any atom is -0.304 e. The molecule has 74 heavy (non-hydrogen) atoms. The van der Waals surface area contributed by atoms with Crippen LogP contribution in [0.25, 0.3) is 123 Å². The van der Waals surface area contributed by atoms with Crippen molar-refractivity contribution in [3.63, 3.8) is 0 Å². The number of hydrogen-bond donors (Lipinski definition) is 0. The summed E-state index contributed by atoms with van der Waals surface area (Å²) in [5.74, 6) is 0. The summed E-state index contributed by atoms with van der Waals surface area (Å²) in [5.41, 5.74) is 20.4. The molecule has 0 saturated carbocycles. The minimum atomic E-state index is -2.44. The molecule has 0 aliphatic rings. The first kappa shape index (κ1) is 43.8. The monoisotopic (exact) mass is 1120 g/mol. The number of rotatable bonds is 11. The van der Waals surface area contributed by atoms with Crippen LogP contribution in [0.1, 0.15) is 9.68 Å². The standard InChI is InChI=1S/C70H46N3.Ir/c1-48-40-69(53-24-10-4-11-25-53)72-46-66(48)63-32-18-16-30-61(63)57-41-56(60-29-15-14-28-59(60)55-38-39-68(71-45-55)52-22-8-3-9-23-52)42-58(43-57)62-31-17-19-33-64(62)67-47-73-70(54-26-12-5-13-27-54)44-65(67)51-36-34-50(35-37-51)49-20-6-2-7-21-49;/h2-22,24,26,28-47H,1H3;/q-3;+3/i1D3;. The Balaban J connectivity index is 0.00000631. The molecule has 0 amide bonds. The smallest absolute Gasteiger partial charge is 0.304 e.